The molecule has 98 valence electrons. The van der Waals surface area contributed by atoms with Gasteiger partial charge < -0.3 is 4.74 Å². The number of esters is 1. The average molecular weight is 254 g/mol. The molecule has 1 fully saturated rings. The van der Waals surface area contributed by atoms with Crippen LogP contribution in [-0.4, -0.2) is 12.1 Å². The maximum atomic E-state index is 13.4. The predicted molar refractivity (Wildman–Crippen MR) is 63.2 cm³/mol. The molecule has 1 aliphatic carbocycles. The van der Waals surface area contributed by atoms with Crippen LogP contribution in [0.3, 0.4) is 0 Å². The quantitative estimate of drug-likeness (QED) is 0.769. The number of carbonyl (C=O) groups excluding carboxylic acids is 1. The van der Waals surface area contributed by atoms with Gasteiger partial charge in [0.2, 0.25) is 0 Å². The highest BCUT2D eigenvalue weighted by Gasteiger charge is 2.27. The third-order valence-corrected chi connectivity index (χ3v) is 3.52. The molecule has 0 radical (unpaired) electrons. The normalized spacial score (nSPS) is 17.7. The lowest BCUT2D eigenvalue weighted by Crippen LogP contribution is -2.23. The highest BCUT2D eigenvalue weighted by atomic mass is 19.1. The monoisotopic (exact) mass is 254 g/mol. The zero-order valence-corrected chi connectivity index (χ0v) is 10.3. The lowest BCUT2D eigenvalue weighted by Gasteiger charge is -2.19. The molecule has 2 rings (SSSR count). The van der Waals surface area contributed by atoms with Gasteiger partial charge in [-0.15, -0.1) is 0 Å². The molecular weight excluding hydrogens is 238 g/mol. The first-order chi connectivity index (χ1) is 8.59. The highest BCUT2D eigenvalue weighted by molar-refractivity contribution is 5.90. The lowest BCUT2D eigenvalue weighted by atomic mass is 10.0. The Kier molecular flexibility index (Phi) is 3.94. The fourth-order valence-electron chi connectivity index (χ4n) is 2.44. The minimum atomic E-state index is -0.912. The Morgan fingerprint density at radius 2 is 1.83 bits per heavy atom. The number of halogens is 2. The third kappa shape index (κ3) is 2.68. The molecule has 0 amide bonds. The molecule has 0 bridgehead atoms. The summed E-state index contributed by atoms with van der Waals surface area (Å²) >= 11 is 0. The van der Waals surface area contributed by atoms with E-state index in [9.17, 15) is 13.6 Å². The maximum Gasteiger partial charge on any atom is 0.344 e. The van der Waals surface area contributed by atoms with Crippen molar-refractivity contribution in [3.05, 3.63) is 35.4 Å². The molecule has 1 unspecified atom stereocenters. The second-order valence-corrected chi connectivity index (χ2v) is 4.75. The first kappa shape index (κ1) is 13.0. The first-order valence-electron chi connectivity index (χ1n) is 6.24. The van der Waals surface area contributed by atoms with Gasteiger partial charge in [0.25, 0.3) is 0 Å². The molecule has 0 aliphatic heterocycles. The van der Waals surface area contributed by atoms with Crippen molar-refractivity contribution in [3.63, 3.8) is 0 Å². The van der Waals surface area contributed by atoms with Crippen LogP contribution in [-0.2, 0) is 4.74 Å². The van der Waals surface area contributed by atoms with Gasteiger partial charge in [0, 0.05) is 0 Å². The van der Waals surface area contributed by atoms with Crippen molar-refractivity contribution in [2.45, 2.75) is 38.7 Å². The third-order valence-electron chi connectivity index (χ3n) is 3.52. The summed E-state index contributed by atoms with van der Waals surface area (Å²) < 4.78 is 31.9. The van der Waals surface area contributed by atoms with E-state index in [0.717, 1.165) is 37.8 Å². The Balaban J connectivity index is 2.07. The Morgan fingerprint density at radius 1 is 1.28 bits per heavy atom. The highest BCUT2D eigenvalue weighted by Crippen LogP contribution is 2.29. The summed E-state index contributed by atoms with van der Waals surface area (Å²) in [6.45, 7) is 1.78. The van der Waals surface area contributed by atoms with Crippen molar-refractivity contribution in [2.24, 2.45) is 5.92 Å². The van der Waals surface area contributed by atoms with Crippen LogP contribution < -0.4 is 0 Å². The molecule has 2 nitrogen and oxygen atoms in total. The van der Waals surface area contributed by atoms with E-state index in [2.05, 4.69) is 0 Å². The van der Waals surface area contributed by atoms with Crippen LogP contribution in [0.25, 0.3) is 0 Å². The minimum Gasteiger partial charge on any atom is -0.459 e. The van der Waals surface area contributed by atoms with E-state index in [1.807, 2.05) is 0 Å². The molecule has 0 heterocycles. The largest absolute Gasteiger partial charge is 0.459 e. The van der Waals surface area contributed by atoms with Crippen LogP contribution in [0.5, 0.6) is 0 Å². The Hall–Kier alpha value is -1.45. The molecule has 0 N–H and O–H groups in total. The molecule has 18 heavy (non-hydrogen) atoms. The molecule has 1 saturated carbocycles. The van der Waals surface area contributed by atoms with Gasteiger partial charge in [0.1, 0.15) is 23.3 Å². The van der Waals surface area contributed by atoms with E-state index >= 15 is 0 Å². The van der Waals surface area contributed by atoms with Crippen molar-refractivity contribution >= 4 is 5.97 Å². The smallest absolute Gasteiger partial charge is 0.344 e. The fourth-order valence-corrected chi connectivity index (χ4v) is 2.44. The van der Waals surface area contributed by atoms with Gasteiger partial charge >= 0.3 is 5.97 Å². The Morgan fingerprint density at radius 3 is 2.39 bits per heavy atom. The maximum absolute atomic E-state index is 13.4. The zero-order chi connectivity index (χ0) is 13.1. The summed E-state index contributed by atoms with van der Waals surface area (Å²) in [6.07, 6.45) is 3.97. The minimum absolute atomic E-state index is 0.293. The van der Waals surface area contributed by atoms with E-state index in [4.69, 9.17) is 4.74 Å². The number of rotatable bonds is 3. The lowest BCUT2D eigenvalue weighted by molar-refractivity contribution is 0.0193. The molecule has 0 saturated heterocycles. The summed E-state index contributed by atoms with van der Waals surface area (Å²) in [5.41, 5.74) is -0.595. The van der Waals surface area contributed by atoms with Crippen LogP contribution >= 0.6 is 0 Å². The van der Waals surface area contributed by atoms with Crippen molar-refractivity contribution in [2.75, 3.05) is 0 Å². The Labute approximate surface area is 105 Å². The summed E-state index contributed by atoms with van der Waals surface area (Å²) in [4.78, 5) is 11.8. The van der Waals surface area contributed by atoms with Crippen molar-refractivity contribution < 1.29 is 18.3 Å². The van der Waals surface area contributed by atoms with Gasteiger partial charge in [0.15, 0.2) is 0 Å². The predicted octanol–water partition coefficient (Wildman–Crippen LogP) is 3.70. The van der Waals surface area contributed by atoms with Crippen LogP contribution in [0.2, 0.25) is 0 Å². The molecule has 0 aromatic heterocycles. The number of hydrogen-bond acceptors (Lipinski definition) is 2. The zero-order valence-electron chi connectivity index (χ0n) is 10.3. The molecule has 0 spiro atoms. The summed E-state index contributed by atoms with van der Waals surface area (Å²) in [6, 6.07) is 3.33. The molecule has 1 aromatic rings. The van der Waals surface area contributed by atoms with E-state index < -0.39 is 23.2 Å². The van der Waals surface area contributed by atoms with E-state index in [-0.39, 0.29) is 6.10 Å². The van der Waals surface area contributed by atoms with Gasteiger partial charge in [0.05, 0.1) is 0 Å². The van der Waals surface area contributed by atoms with E-state index in [1.54, 1.807) is 6.92 Å². The van der Waals surface area contributed by atoms with Gasteiger partial charge in [-0.05, 0) is 37.8 Å². The van der Waals surface area contributed by atoms with Crippen LogP contribution in [0.1, 0.15) is 43.0 Å². The average Bonchev–Trinajstić information content (AvgIpc) is 2.81. The second-order valence-electron chi connectivity index (χ2n) is 4.75. The first-order valence-corrected chi connectivity index (χ1v) is 6.24. The molecule has 4 heteroatoms. The van der Waals surface area contributed by atoms with Crippen LogP contribution in [0.4, 0.5) is 8.78 Å². The van der Waals surface area contributed by atoms with Crippen molar-refractivity contribution in [1.29, 1.82) is 0 Å². The van der Waals surface area contributed by atoms with Crippen LogP contribution in [0, 0.1) is 17.6 Å². The molecule has 1 aliphatic rings. The topological polar surface area (TPSA) is 26.3 Å². The summed E-state index contributed by atoms with van der Waals surface area (Å²) in [7, 11) is 0. The van der Waals surface area contributed by atoms with E-state index in [0.29, 0.717) is 5.92 Å². The van der Waals surface area contributed by atoms with E-state index in [1.165, 1.54) is 6.07 Å². The van der Waals surface area contributed by atoms with Crippen molar-refractivity contribution in [3.8, 4) is 0 Å². The van der Waals surface area contributed by atoms with Gasteiger partial charge in [-0.2, -0.15) is 0 Å². The molecule has 1 aromatic carbocycles. The SMILES string of the molecule is CC(OC(=O)c1c(F)cccc1F)C1CCCC1. The second kappa shape index (κ2) is 5.46. The summed E-state index contributed by atoms with van der Waals surface area (Å²) in [5, 5.41) is 0. The van der Waals surface area contributed by atoms with Crippen LogP contribution in [0.15, 0.2) is 18.2 Å². The fraction of sp³-hybridized carbons (Fsp3) is 0.500. The standard InChI is InChI=1S/C14H16F2O2/c1-9(10-5-2-3-6-10)18-14(17)13-11(15)7-4-8-12(13)16/h4,7-10H,2-3,5-6H2,1H3. The molecule has 1 atom stereocenters. The number of benzene rings is 1. The van der Waals surface area contributed by atoms with Gasteiger partial charge in [-0.25, -0.2) is 13.6 Å². The number of ether oxygens (including phenoxy) is 1. The Bertz CT molecular complexity index is 419. The number of carbonyl (C=O) groups is 1. The summed E-state index contributed by atoms with van der Waals surface area (Å²) in [5.74, 6) is -2.36. The van der Waals surface area contributed by atoms with Gasteiger partial charge in [-0.1, -0.05) is 18.9 Å². The number of hydrogen-bond donors (Lipinski definition) is 0. The van der Waals surface area contributed by atoms with Crippen molar-refractivity contribution in [1.82, 2.24) is 0 Å². The molecular formula is C14H16F2O2. The van der Waals surface area contributed by atoms with Gasteiger partial charge in [-0.3, -0.25) is 0 Å².